The summed E-state index contributed by atoms with van der Waals surface area (Å²) in [6.45, 7) is 6.88. The summed E-state index contributed by atoms with van der Waals surface area (Å²) in [5.41, 5.74) is 2.33. The first kappa shape index (κ1) is 13.7. The highest BCUT2D eigenvalue weighted by atomic mass is 35.5. The van der Waals surface area contributed by atoms with Crippen LogP contribution in [-0.2, 0) is 12.8 Å². The third-order valence-corrected chi connectivity index (χ3v) is 3.98. The van der Waals surface area contributed by atoms with E-state index in [9.17, 15) is 5.11 Å². The van der Waals surface area contributed by atoms with Gasteiger partial charge in [-0.25, -0.2) is 0 Å². The van der Waals surface area contributed by atoms with Crippen LogP contribution in [0.25, 0.3) is 0 Å². The molecule has 2 rings (SSSR count). The summed E-state index contributed by atoms with van der Waals surface area (Å²) < 4.78 is 5.70. The van der Waals surface area contributed by atoms with Gasteiger partial charge in [0.1, 0.15) is 5.75 Å². The van der Waals surface area contributed by atoms with Crippen LogP contribution in [0.3, 0.4) is 0 Å². The van der Waals surface area contributed by atoms with E-state index in [1.807, 2.05) is 19.1 Å². The van der Waals surface area contributed by atoms with Crippen LogP contribution in [0, 0.1) is 11.8 Å². The minimum atomic E-state index is -0.318. The fraction of sp³-hybridized carbons (Fsp3) is 0.600. The predicted octanol–water partition coefficient (Wildman–Crippen LogP) is 3.47. The van der Waals surface area contributed by atoms with Crippen molar-refractivity contribution in [1.29, 1.82) is 0 Å². The lowest BCUT2D eigenvalue weighted by molar-refractivity contribution is 0.0973. The highest BCUT2D eigenvalue weighted by Gasteiger charge is 2.24. The van der Waals surface area contributed by atoms with Gasteiger partial charge in [0, 0.05) is 11.4 Å². The lowest BCUT2D eigenvalue weighted by atomic mass is 9.85. The first-order valence-corrected chi connectivity index (χ1v) is 6.99. The third-order valence-electron chi connectivity index (χ3n) is 3.76. The maximum Gasteiger partial charge on any atom is 0.125 e. The summed E-state index contributed by atoms with van der Waals surface area (Å²) in [5, 5.41) is 10.7. The normalized spacial score (nSPS) is 17.4. The Morgan fingerprint density at radius 1 is 1.33 bits per heavy atom. The minimum Gasteiger partial charge on any atom is -0.493 e. The quantitative estimate of drug-likeness (QED) is 0.906. The van der Waals surface area contributed by atoms with Crippen LogP contribution in [0.2, 0.25) is 5.02 Å². The van der Waals surface area contributed by atoms with Gasteiger partial charge in [0.2, 0.25) is 0 Å². The van der Waals surface area contributed by atoms with Crippen LogP contribution >= 0.6 is 11.6 Å². The van der Waals surface area contributed by atoms with Crippen LogP contribution in [0.1, 0.15) is 31.9 Å². The van der Waals surface area contributed by atoms with E-state index in [1.54, 1.807) is 0 Å². The minimum absolute atomic E-state index is 0.233. The van der Waals surface area contributed by atoms with Crippen molar-refractivity contribution in [1.82, 2.24) is 0 Å². The van der Waals surface area contributed by atoms with Crippen molar-refractivity contribution in [3.8, 4) is 5.75 Å². The molecule has 1 N–H and O–H groups in total. The van der Waals surface area contributed by atoms with Gasteiger partial charge < -0.3 is 9.84 Å². The molecule has 2 atom stereocenters. The van der Waals surface area contributed by atoms with Crippen LogP contribution in [0.5, 0.6) is 5.75 Å². The Kier molecular flexibility index (Phi) is 4.18. The average Bonchev–Trinajstić information content (AvgIpc) is 2.72. The van der Waals surface area contributed by atoms with Crippen molar-refractivity contribution >= 4 is 11.6 Å². The van der Waals surface area contributed by atoms with Crippen LogP contribution in [-0.4, -0.2) is 17.8 Å². The molecule has 2 nitrogen and oxygen atoms in total. The Morgan fingerprint density at radius 2 is 2.06 bits per heavy atom. The van der Waals surface area contributed by atoms with Gasteiger partial charge in [-0.2, -0.15) is 0 Å². The van der Waals surface area contributed by atoms with Gasteiger partial charge in [0.25, 0.3) is 0 Å². The van der Waals surface area contributed by atoms with E-state index in [0.29, 0.717) is 5.92 Å². The molecular formula is C15H21ClO2. The van der Waals surface area contributed by atoms with Gasteiger partial charge in [-0.3, -0.25) is 0 Å². The monoisotopic (exact) mass is 268 g/mol. The number of hydrogen-bond donors (Lipinski definition) is 1. The molecule has 0 saturated heterocycles. The zero-order valence-electron chi connectivity index (χ0n) is 11.2. The van der Waals surface area contributed by atoms with Crippen molar-refractivity contribution in [2.45, 2.75) is 39.7 Å². The van der Waals surface area contributed by atoms with Crippen molar-refractivity contribution in [2.24, 2.45) is 11.8 Å². The molecule has 1 aliphatic rings. The third kappa shape index (κ3) is 2.81. The molecule has 3 heteroatoms. The van der Waals surface area contributed by atoms with E-state index in [1.165, 1.54) is 5.56 Å². The van der Waals surface area contributed by atoms with E-state index in [2.05, 4.69) is 13.8 Å². The molecule has 0 aliphatic carbocycles. The second-order valence-corrected chi connectivity index (χ2v) is 5.94. The average molecular weight is 269 g/mol. The molecule has 1 aromatic carbocycles. The SMILES string of the molecule is CC(C)C(Cc1cc(Cl)cc2c1OCC2)C(C)O. The smallest absolute Gasteiger partial charge is 0.125 e. The zero-order chi connectivity index (χ0) is 13.3. The number of rotatable bonds is 4. The topological polar surface area (TPSA) is 29.5 Å². The molecule has 0 aromatic heterocycles. The Labute approximate surface area is 114 Å². The van der Waals surface area contributed by atoms with Gasteiger partial charge in [-0.15, -0.1) is 0 Å². The number of aliphatic hydroxyl groups is 1. The summed E-state index contributed by atoms with van der Waals surface area (Å²) in [5.74, 6) is 1.66. The van der Waals surface area contributed by atoms with E-state index >= 15 is 0 Å². The molecule has 100 valence electrons. The molecule has 0 fully saturated rings. The molecule has 0 radical (unpaired) electrons. The van der Waals surface area contributed by atoms with Gasteiger partial charge in [-0.05, 0) is 48.4 Å². The molecule has 0 saturated carbocycles. The highest BCUT2D eigenvalue weighted by Crippen LogP contribution is 2.35. The molecule has 0 bridgehead atoms. The van der Waals surface area contributed by atoms with E-state index in [-0.39, 0.29) is 12.0 Å². The summed E-state index contributed by atoms with van der Waals surface area (Å²) in [4.78, 5) is 0. The van der Waals surface area contributed by atoms with Gasteiger partial charge in [-0.1, -0.05) is 25.4 Å². The number of halogens is 1. The number of hydrogen-bond acceptors (Lipinski definition) is 2. The second-order valence-electron chi connectivity index (χ2n) is 5.50. The molecule has 0 amide bonds. The van der Waals surface area contributed by atoms with Crippen LogP contribution < -0.4 is 4.74 Å². The van der Waals surface area contributed by atoms with Crippen LogP contribution in [0.15, 0.2) is 12.1 Å². The Bertz CT molecular complexity index is 419. The predicted molar refractivity (Wildman–Crippen MR) is 74.4 cm³/mol. The van der Waals surface area contributed by atoms with Crippen molar-refractivity contribution in [3.63, 3.8) is 0 Å². The van der Waals surface area contributed by atoms with E-state index in [0.717, 1.165) is 35.8 Å². The Morgan fingerprint density at radius 3 is 2.67 bits per heavy atom. The lowest BCUT2D eigenvalue weighted by Gasteiger charge is -2.24. The molecule has 0 spiro atoms. The van der Waals surface area contributed by atoms with Crippen molar-refractivity contribution in [3.05, 3.63) is 28.3 Å². The molecule has 2 unspecified atom stereocenters. The van der Waals surface area contributed by atoms with Gasteiger partial charge in [0.05, 0.1) is 12.7 Å². The maximum absolute atomic E-state index is 9.89. The second kappa shape index (κ2) is 5.50. The van der Waals surface area contributed by atoms with E-state index in [4.69, 9.17) is 16.3 Å². The van der Waals surface area contributed by atoms with Crippen LogP contribution in [0.4, 0.5) is 0 Å². The summed E-state index contributed by atoms with van der Waals surface area (Å²) in [6.07, 6.45) is 1.43. The highest BCUT2D eigenvalue weighted by molar-refractivity contribution is 6.30. The maximum atomic E-state index is 9.89. The Balaban J connectivity index is 2.28. The molecule has 1 aromatic rings. The van der Waals surface area contributed by atoms with Gasteiger partial charge >= 0.3 is 0 Å². The Hall–Kier alpha value is -0.730. The molecule has 1 aliphatic heterocycles. The van der Waals surface area contributed by atoms with E-state index < -0.39 is 0 Å². The molecular weight excluding hydrogens is 248 g/mol. The summed E-state index contributed by atoms with van der Waals surface area (Å²) in [7, 11) is 0. The first-order valence-electron chi connectivity index (χ1n) is 6.61. The van der Waals surface area contributed by atoms with Crippen molar-refractivity contribution < 1.29 is 9.84 Å². The fourth-order valence-electron chi connectivity index (χ4n) is 2.71. The fourth-order valence-corrected chi connectivity index (χ4v) is 2.98. The first-order chi connectivity index (χ1) is 8.49. The standard InChI is InChI=1S/C15H21ClO2/c1-9(2)14(10(3)17)8-12-7-13(16)6-11-4-5-18-15(11)12/h6-7,9-10,14,17H,4-5,8H2,1-3H3. The largest absolute Gasteiger partial charge is 0.493 e. The summed E-state index contributed by atoms with van der Waals surface area (Å²) in [6, 6.07) is 3.96. The molecule has 18 heavy (non-hydrogen) atoms. The number of benzene rings is 1. The lowest BCUT2D eigenvalue weighted by Crippen LogP contribution is -2.24. The number of ether oxygens (including phenoxy) is 1. The summed E-state index contributed by atoms with van der Waals surface area (Å²) >= 11 is 6.15. The number of fused-ring (bicyclic) bond motifs is 1. The zero-order valence-corrected chi connectivity index (χ0v) is 12.0. The van der Waals surface area contributed by atoms with Gasteiger partial charge in [0.15, 0.2) is 0 Å². The number of aliphatic hydroxyl groups excluding tert-OH is 1. The molecule has 1 heterocycles. The van der Waals surface area contributed by atoms with Crippen molar-refractivity contribution in [2.75, 3.05) is 6.61 Å².